The first-order chi connectivity index (χ1) is 15.7. The summed E-state index contributed by atoms with van der Waals surface area (Å²) < 4.78 is 21.3. The highest BCUT2D eigenvalue weighted by molar-refractivity contribution is 7.98. The number of hydrogen-bond donors (Lipinski definition) is 0. The van der Waals surface area contributed by atoms with Crippen LogP contribution in [0.1, 0.15) is 18.5 Å². The molecule has 5 rings (SSSR count). The Morgan fingerprint density at radius 3 is 2.62 bits per heavy atom. The summed E-state index contributed by atoms with van der Waals surface area (Å²) in [5.74, 6) is 1.13. The molecule has 0 N–H and O–H groups in total. The summed E-state index contributed by atoms with van der Waals surface area (Å²) in [5.41, 5.74) is 2.87. The molecule has 2 aromatic carbocycles. The average molecular weight is 487 g/mol. The SMILES string of the molecule is Fc1ccc(-c2nnc(SCc3csc(-c4ccc(Cl)cc4)n3)n2CC2CCCO2)cc1. The number of hydrogen-bond acceptors (Lipinski definition) is 6. The van der Waals surface area contributed by atoms with Crippen LogP contribution in [0.4, 0.5) is 4.39 Å². The quantitative estimate of drug-likeness (QED) is 0.285. The zero-order valence-corrected chi connectivity index (χ0v) is 19.5. The predicted octanol–water partition coefficient (Wildman–Crippen LogP) is 6.33. The second kappa shape index (κ2) is 9.70. The first-order valence-electron chi connectivity index (χ1n) is 10.3. The van der Waals surface area contributed by atoms with Gasteiger partial charge < -0.3 is 4.74 Å². The molecule has 1 saturated heterocycles. The van der Waals surface area contributed by atoms with Gasteiger partial charge in [0.25, 0.3) is 0 Å². The Morgan fingerprint density at radius 1 is 1.09 bits per heavy atom. The Kier molecular flexibility index (Phi) is 6.54. The topological polar surface area (TPSA) is 52.8 Å². The van der Waals surface area contributed by atoms with E-state index in [0.29, 0.717) is 17.3 Å². The molecule has 1 fully saturated rings. The first kappa shape index (κ1) is 21.6. The highest BCUT2D eigenvalue weighted by Crippen LogP contribution is 2.31. The van der Waals surface area contributed by atoms with Crippen LogP contribution in [-0.4, -0.2) is 32.5 Å². The maximum Gasteiger partial charge on any atom is 0.191 e. The third kappa shape index (κ3) is 4.88. The van der Waals surface area contributed by atoms with Gasteiger partial charge in [-0.1, -0.05) is 35.5 Å². The minimum atomic E-state index is -0.270. The van der Waals surface area contributed by atoms with E-state index < -0.39 is 0 Å². The van der Waals surface area contributed by atoms with E-state index in [-0.39, 0.29) is 11.9 Å². The Balaban J connectivity index is 1.36. The molecule has 1 aliphatic rings. The molecule has 0 bridgehead atoms. The average Bonchev–Trinajstić information content (AvgIpc) is 3.56. The molecule has 4 aromatic rings. The fourth-order valence-electron chi connectivity index (χ4n) is 3.60. The lowest BCUT2D eigenvalue weighted by Crippen LogP contribution is -2.16. The zero-order chi connectivity index (χ0) is 21.9. The van der Waals surface area contributed by atoms with Crippen molar-refractivity contribution in [1.29, 1.82) is 0 Å². The number of halogens is 2. The molecule has 0 radical (unpaired) electrons. The number of nitrogens with zero attached hydrogens (tertiary/aromatic N) is 4. The van der Waals surface area contributed by atoms with E-state index in [1.165, 1.54) is 12.1 Å². The summed E-state index contributed by atoms with van der Waals surface area (Å²) in [7, 11) is 0. The lowest BCUT2D eigenvalue weighted by atomic mass is 10.2. The molecule has 0 spiro atoms. The van der Waals surface area contributed by atoms with E-state index in [9.17, 15) is 4.39 Å². The molecule has 1 atom stereocenters. The number of thiazole rings is 1. The summed E-state index contributed by atoms with van der Waals surface area (Å²) >= 11 is 9.20. The monoisotopic (exact) mass is 486 g/mol. The van der Waals surface area contributed by atoms with Gasteiger partial charge in [-0.15, -0.1) is 21.5 Å². The smallest absolute Gasteiger partial charge is 0.191 e. The van der Waals surface area contributed by atoms with Crippen LogP contribution in [0.5, 0.6) is 0 Å². The van der Waals surface area contributed by atoms with Gasteiger partial charge >= 0.3 is 0 Å². The summed E-state index contributed by atoms with van der Waals surface area (Å²) in [6.45, 7) is 1.46. The summed E-state index contributed by atoms with van der Waals surface area (Å²) in [4.78, 5) is 4.76. The standard InChI is InChI=1S/C23H20ClFN4OS2/c24-17-7-3-16(4-8-17)22-26-19(13-31-22)14-32-23-28-27-21(15-5-9-18(25)10-6-15)29(23)12-20-2-1-11-30-20/h3-10,13,20H,1-2,11-12,14H2. The molecule has 1 aliphatic heterocycles. The van der Waals surface area contributed by atoms with Crippen LogP contribution in [0.2, 0.25) is 5.02 Å². The number of benzene rings is 2. The molecular weight excluding hydrogens is 467 g/mol. The minimum Gasteiger partial charge on any atom is -0.376 e. The molecular formula is C23H20ClFN4OS2. The van der Waals surface area contributed by atoms with Crippen molar-refractivity contribution in [2.24, 2.45) is 0 Å². The minimum absolute atomic E-state index is 0.139. The molecule has 1 unspecified atom stereocenters. The van der Waals surface area contributed by atoms with Crippen LogP contribution in [0.3, 0.4) is 0 Å². The lowest BCUT2D eigenvalue weighted by molar-refractivity contribution is 0.0953. The fraction of sp³-hybridized carbons (Fsp3) is 0.261. The van der Waals surface area contributed by atoms with Crippen LogP contribution in [0.25, 0.3) is 22.0 Å². The zero-order valence-electron chi connectivity index (χ0n) is 17.1. The van der Waals surface area contributed by atoms with E-state index >= 15 is 0 Å². The Hall–Kier alpha value is -2.26. The summed E-state index contributed by atoms with van der Waals surface area (Å²) in [6, 6.07) is 14.1. The maximum absolute atomic E-state index is 13.4. The summed E-state index contributed by atoms with van der Waals surface area (Å²) in [6.07, 6.45) is 2.22. The Bertz CT molecular complexity index is 1190. The van der Waals surface area contributed by atoms with Crippen molar-refractivity contribution >= 4 is 34.7 Å². The number of aromatic nitrogens is 4. The molecule has 9 heteroatoms. The number of rotatable bonds is 7. The third-order valence-electron chi connectivity index (χ3n) is 5.22. The van der Waals surface area contributed by atoms with E-state index in [4.69, 9.17) is 21.3 Å². The van der Waals surface area contributed by atoms with Gasteiger partial charge in [0.05, 0.1) is 18.3 Å². The van der Waals surface area contributed by atoms with E-state index in [1.54, 1.807) is 35.2 Å². The molecule has 2 aromatic heterocycles. The van der Waals surface area contributed by atoms with Crippen LogP contribution in [0.15, 0.2) is 59.1 Å². The van der Waals surface area contributed by atoms with Gasteiger partial charge in [-0.3, -0.25) is 4.57 Å². The molecule has 0 saturated carbocycles. The molecule has 5 nitrogen and oxygen atoms in total. The fourth-order valence-corrected chi connectivity index (χ4v) is 5.50. The van der Waals surface area contributed by atoms with E-state index in [1.807, 2.05) is 24.3 Å². The van der Waals surface area contributed by atoms with Crippen LogP contribution in [0, 0.1) is 5.82 Å². The normalized spacial score (nSPS) is 16.0. The maximum atomic E-state index is 13.4. The highest BCUT2D eigenvalue weighted by Gasteiger charge is 2.22. The summed E-state index contributed by atoms with van der Waals surface area (Å²) in [5, 5.41) is 13.4. The third-order valence-corrected chi connectivity index (χ3v) is 7.41. The molecule has 3 heterocycles. The van der Waals surface area contributed by atoms with Gasteiger partial charge in [0, 0.05) is 33.9 Å². The van der Waals surface area contributed by atoms with Crippen molar-refractivity contribution in [2.45, 2.75) is 36.4 Å². The predicted molar refractivity (Wildman–Crippen MR) is 127 cm³/mol. The number of thioether (sulfide) groups is 1. The van der Waals surface area contributed by atoms with Gasteiger partial charge in [-0.05, 0) is 49.2 Å². The van der Waals surface area contributed by atoms with Crippen molar-refractivity contribution in [1.82, 2.24) is 19.7 Å². The van der Waals surface area contributed by atoms with Gasteiger partial charge in [-0.2, -0.15) is 0 Å². The van der Waals surface area contributed by atoms with Gasteiger partial charge in [0.15, 0.2) is 11.0 Å². The van der Waals surface area contributed by atoms with Crippen LogP contribution in [-0.2, 0) is 17.0 Å². The van der Waals surface area contributed by atoms with Gasteiger partial charge in [-0.25, -0.2) is 9.37 Å². The number of ether oxygens (including phenoxy) is 1. The van der Waals surface area contributed by atoms with Crippen molar-refractivity contribution in [3.63, 3.8) is 0 Å². The van der Waals surface area contributed by atoms with Gasteiger partial charge in [0.2, 0.25) is 0 Å². The second-order valence-corrected chi connectivity index (χ2v) is 9.74. The van der Waals surface area contributed by atoms with Crippen LogP contribution < -0.4 is 0 Å². The van der Waals surface area contributed by atoms with Gasteiger partial charge in [0.1, 0.15) is 10.8 Å². The van der Waals surface area contributed by atoms with Crippen molar-refractivity contribution in [3.8, 4) is 22.0 Å². The van der Waals surface area contributed by atoms with Crippen molar-refractivity contribution in [2.75, 3.05) is 6.61 Å². The van der Waals surface area contributed by atoms with E-state index in [2.05, 4.69) is 20.1 Å². The van der Waals surface area contributed by atoms with E-state index in [0.717, 1.165) is 52.3 Å². The lowest BCUT2D eigenvalue weighted by Gasteiger charge is -2.14. The molecule has 0 aliphatic carbocycles. The highest BCUT2D eigenvalue weighted by atomic mass is 35.5. The molecule has 164 valence electrons. The van der Waals surface area contributed by atoms with Crippen molar-refractivity contribution < 1.29 is 9.13 Å². The Morgan fingerprint density at radius 2 is 1.88 bits per heavy atom. The largest absolute Gasteiger partial charge is 0.376 e. The second-order valence-electron chi connectivity index (χ2n) is 7.50. The van der Waals surface area contributed by atoms with Crippen molar-refractivity contribution in [3.05, 3.63) is 70.4 Å². The molecule has 32 heavy (non-hydrogen) atoms. The van der Waals surface area contributed by atoms with Crippen LogP contribution >= 0.6 is 34.7 Å². The Labute approximate surface area is 198 Å². The first-order valence-corrected chi connectivity index (χ1v) is 12.5. The molecule has 0 amide bonds.